The number of aliphatic hydroxyl groups excluding tert-OH is 3. The number of nitrogens with one attached hydrogen (secondary N) is 2. The number of nitrogens with zero attached hydrogens (tertiary/aromatic N) is 1. The Hall–Kier alpha value is -3.49. The van der Waals surface area contributed by atoms with Crippen molar-refractivity contribution >= 4 is 28.4 Å². The van der Waals surface area contributed by atoms with Gasteiger partial charge in [0.25, 0.3) is 0 Å². The summed E-state index contributed by atoms with van der Waals surface area (Å²) in [4.78, 5) is 50.2. The highest BCUT2D eigenvalue weighted by Gasteiger charge is 2.78. The van der Waals surface area contributed by atoms with E-state index in [1.54, 1.807) is 0 Å². The van der Waals surface area contributed by atoms with Gasteiger partial charge < -0.3 is 44.8 Å². The molecule has 0 bridgehead atoms. The van der Waals surface area contributed by atoms with Crippen LogP contribution in [0.15, 0.2) is 35.7 Å². The quantitative estimate of drug-likeness (QED) is 0.113. The van der Waals surface area contributed by atoms with Crippen LogP contribution in [0.5, 0.6) is 0 Å². The van der Waals surface area contributed by atoms with Gasteiger partial charge in [-0.1, -0.05) is 85.3 Å². The topological polar surface area (TPSA) is 187 Å². The van der Waals surface area contributed by atoms with Gasteiger partial charge in [-0.3, -0.25) is 14.4 Å². The van der Waals surface area contributed by atoms with E-state index >= 15 is 14.4 Å². The number of aromatic amines is 1. The fraction of sp³-hybridized carbons (Fsp3) is 0.761. The molecule has 2 saturated heterocycles. The Balaban J connectivity index is 0.956. The lowest BCUT2D eigenvalue weighted by atomic mass is 9.30. The third kappa shape index (κ3) is 8.22. The standard InChI is InChI=1S/C71H99N3O9/c1-63(2)62(83-63)52(78)34-64(3)24-19-42-37-73-58-47(55-46-31-43(41-15-11-9-12-16-41)32-49(45(46)17-18-50(55)76)71(81)28-30-82-70(40-71)22-13-10-14-23-70)38-74(59(42)58)39-48-56-57(64)51(77)35-67(56,6)66(5)25-21-53-65(4,27-29-72-8)54(79)36-69(26-20-44(75)33-69)68(53,7)61(66)60(48)80/h31-32,37-38,41,44,48,52-53,55,60-62,72-73,75,78,80-81H,9-30,33-36,39-40H2,1-8H3/t44-,48-,52-,53+,55-,60-,61+,62-,64+,65+,66+,67+,68-,69-,71-/m1/s1. The van der Waals surface area contributed by atoms with Crippen molar-refractivity contribution in [3.05, 3.63) is 69.1 Å². The monoisotopic (exact) mass is 1140 g/mol. The van der Waals surface area contributed by atoms with E-state index in [1.165, 1.54) is 31.2 Å². The third-order valence-electron chi connectivity index (χ3n) is 27.1. The number of fused-ring (bicyclic) bond motifs is 6. The number of benzene rings is 1. The number of carbonyl (C=O) groups excluding carboxylic acids is 3. The highest BCUT2D eigenvalue weighted by Crippen LogP contribution is 2.80. The minimum Gasteiger partial charge on any atom is -0.393 e. The maximum Gasteiger partial charge on any atom is 0.160 e. The molecule has 11 aliphatic rings. The number of hydrogen-bond acceptors (Lipinski definition) is 10. The summed E-state index contributed by atoms with van der Waals surface area (Å²) in [6, 6.07) is 4.75. The van der Waals surface area contributed by atoms with Crippen molar-refractivity contribution in [2.45, 2.75) is 269 Å². The maximum atomic E-state index is 15.9. The number of aromatic nitrogens is 2. The average Bonchev–Trinajstić information content (AvgIpc) is 2.65. The highest BCUT2D eigenvalue weighted by atomic mass is 16.6. The Labute approximate surface area is 493 Å². The van der Waals surface area contributed by atoms with Gasteiger partial charge >= 0.3 is 0 Å². The molecule has 8 aliphatic carbocycles. The van der Waals surface area contributed by atoms with Crippen LogP contribution < -0.4 is 5.32 Å². The summed E-state index contributed by atoms with van der Waals surface area (Å²) in [6.07, 6.45) is 21.3. The number of allylic oxidation sites excluding steroid dienone is 1. The molecule has 14 rings (SSSR count). The van der Waals surface area contributed by atoms with Crippen LogP contribution in [0.2, 0.25) is 0 Å². The summed E-state index contributed by atoms with van der Waals surface area (Å²) in [5, 5.41) is 55.2. The van der Waals surface area contributed by atoms with Crippen molar-refractivity contribution in [2.75, 3.05) is 20.2 Å². The van der Waals surface area contributed by atoms with Crippen molar-refractivity contribution in [3.63, 3.8) is 0 Å². The van der Waals surface area contributed by atoms with Gasteiger partial charge in [0, 0.05) is 78.9 Å². The molecule has 12 nitrogen and oxygen atoms in total. The van der Waals surface area contributed by atoms with E-state index in [0.717, 1.165) is 108 Å². The SMILES string of the molecule is CNCC[C@]1(C)C(=O)C[C@]2(CC[C@@H](O)C2)[C@@]2(C)[C@H]3[C@H](O)[C@@H]4Cn5cc([C@@H]6C(=O)CCc7c6cc(C6CCCCC6)cc7[C@@]6(O)CCOC7(CCCCC7)C6)c6[nH]cc(c65)CC[C@@](C)(C[C@@H](O)[C@H]5OC5(C)C)C5=C4[C@](C)(CC5=O)[C@@]3(C)CC[C@H]21. The second-order valence-corrected chi connectivity index (χ2v) is 31.8. The van der Waals surface area contributed by atoms with E-state index in [1.807, 2.05) is 20.9 Å². The van der Waals surface area contributed by atoms with Crippen LogP contribution in [-0.4, -0.2) is 103 Å². The first kappa shape index (κ1) is 57.3. The van der Waals surface area contributed by atoms with Crippen LogP contribution in [0, 0.1) is 50.2 Å². The van der Waals surface area contributed by atoms with Crippen LogP contribution in [0.25, 0.3) is 11.0 Å². The molecule has 0 amide bonds. The lowest BCUT2D eigenvalue weighted by molar-refractivity contribution is -0.262. The van der Waals surface area contributed by atoms with E-state index in [2.05, 4.69) is 74.0 Å². The van der Waals surface area contributed by atoms with E-state index in [0.29, 0.717) is 103 Å². The predicted octanol–water partition coefficient (Wildman–Crippen LogP) is 11.7. The molecule has 0 unspecified atom stereocenters. The van der Waals surface area contributed by atoms with Gasteiger partial charge in [-0.15, -0.1) is 0 Å². The number of rotatable bonds is 9. The van der Waals surface area contributed by atoms with Gasteiger partial charge in [-0.2, -0.15) is 0 Å². The largest absolute Gasteiger partial charge is 0.393 e. The van der Waals surface area contributed by atoms with Crippen molar-refractivity contribution in [1.82, 2.24) is 14.9 Å². The fourth-order valence-electron chi connectivity index (χ4n) is 22.8. The molecular weight excluding hydrogens is 1040 g/mol. The van der Waals surface area contributed by atoms with E-state index in [-0.39, 0.29) is 40.9 Å². The molecule has 2 spiro atoms. The zero-order chi connectivity index (χ0) is 58.2. The Morgan fingerprint density at radius 1 is 0.843 bits per heavy atom. The van der Waals surface area contributed by atoms with Gasteiger partial charge in [0.1, 0.15) is 17.7 Å². The Bertz CT molecular complexity index is 3170. The number of hydrogen-bond donors (Lipinski definition) is 6. The first-order valence-corrected chi connectivity index (χ1v) is 33.3. The molecule has 8 fully saturated rings. The first-order valence-electron chi connectivity index (χ1n) is 33.3. The van der Waals surface area contributed by atoms with Gasteiger partial charge in [0.15, 0.2) is 5.78 Å². The van der Waals surface area contributed by atoms with E-state index in [4.69, 9.17) is 9.47 Å². The minimum atomic E-state index is -1.07. The summed E-state index contributed by atoms with van der Waals surface area (Å²) in [6.45, 7) is 17.2. The number of aryl methyl sites for hydroxylation is 1. The zero-order valence-electron chi connectivity index (χ0n) is 51.6. The van der Waals surface area contributed by atoms with Crippen molar-refractivity contribution in [2.24, 2.45) is 50.2 Å². The number of ketones is 3. The van der Waals surface area contributed by atoms with Gasteiger partial charge in [-0.05, 0) is 190 Å². The molecule has 3 aromatic rings. The molecule has 6 saturated carbocycles. The molecule has 452 valence electrons. The third-order valence-corrected chi connectivity index (χ3v) is 27.1. The smallest absolute Gasteiger partial charge is 0.160 e. The predicted molar refractivity (Wildman–Crippen MR) is 320 cm³/mol. The van der Waals surface area contributed by atoms with Crippen LogP contribution in [0.3, 0.4) is 0 Å². The molecule has 15 atom stereocenters. The molecule has 0 radical (unpaired) electrons. The molecule has 1 aromatic carbocycles. The van der Waals surface area contributed by atoms with Crippen molar-refractivity contribution in [1.29, 1.82) is 0 Å². The summed E-state index contributed by atoms with van der Waals surface area (Å²) in [5.74, 6) is -0.538. The summed E-state index contributed by atoms with van der Waals surface area (Å²) >= 11 is 0. The number of aliphatic hydroxyl groups is 4. The number of ether oxygens (including phenoxy) is 2. The normalized spacial score (nSPS) is 42.4. The first-order chi connectivity index (χ1) is 39.4. The van der Waals surface area contributed by atoms with Crippen LogP contribution in [0.1, 0.15) is 241 Å². The molecule has 6 N–H and O–H groups in total. The lowest BCUT2D eigenvalue weighted by Gasteiger charge is -2.74. The van der Waals surface area contributed by atoms with Crippen LogP contribution in [0.4, 0.5) is 0 Å². The lowest BCUT2D eigenvalue weighted by Crippen LogP contribution is -2.72. The summed E-state index contributed by atoms with van der Waals surface area (Å²) in [5.41, 5.74) is 4.61. The van der Waals surface area contributed by atoms with Gasteiger partial charge in [0.05, 0.1) is 58.7 Å². The highest BCUT2D eigenvalue weighted by molar-refractivity contribution is 6.02. The summed E-state index contributed by atoms with van der Waals surface area (Å²) in [7, 11) is 1.96. The molecule has 3 aliphatic heterocycles. The van der Waals surface area contributed by atoms with Gasteiger partial charge in [-0.25, -0.2) is 0 Å². The molecule has 12 heteroatoms. The van der Waals surface area contributed by atoms with Crippen LogP contribution >= 0.6 is 0 Å². The number of epoxide rings is 1. The number of carbonyl (C=O) groups is 3. The maximum absolute atomic E-state index is 15.9. The number of Topliss-reactive ketones (excluding diaryl/α,β-unsaturated/α-hetero) is 3. The van der Waals surface area contributed by atoms with Crippen molar-refractivity contribution < 1.29 is 44.3 Å². The van der Waals surface area contributed by atoms with E-state index < -0.39 is 73.8 Å². The fourth-order valence-corrected chi connectivity index (χ4v) is 22.8. The zero-order valence-corrected chi connectivity index (χ0v) is 51.6. The Morgan fingerprint density at radius 3 is 2.30 bits per heavy atom. The minimum absolute atomic E-state index is 0.0514. The molecule has 83 heavy (non-hydrogen) atoms. The van der Waals surface area contributed by atoms with Gasteiger partial charge in [0.2, 0.25) is 0 Å². The molecule has 2 aromatic heterocycles. The Kier molecular flexibility index (Phi) is 13.5. The second-order valence-electron chi connectivity index (χ2n) is 31.8. The second kappa shape index (κ2) is 19.5. The van der Waals surface area contributed by atoms with Crippen LogP contribution in [-0.2, 0) is 48.8 Å². The molecular formula is C71H99N3O9. The molecule has 5 heterocycles. The average molecular weight is 1140 g/mol. The number of H-pyrrole nitrogens is 1. The van der Waals surface area contributed by atoms with Crippen molar-refractivity contribution in [3.8, 4) is 0 Å². The summed E-state index contributed by atoms with van der Waals surface area (Å²) < 4.78 is 15.2. The van der Waals surface area contributed by atoms with E-state index in [9.17, 15) is 20.4 Å². The Morgan fingerprint density at radius 2 is 1.59 bits per heavy atom.